The number of hydrogen-bond acceptors (Lipinski definition) is 3. The van der Waals surface area contributed by atoms with Crippen molar-refractivity contribution in [3.8, 4) is 0 Å². The van der Waals surface area contributed by atoms with Crippen LogP contribution in [0.3, 0.4) is 0 Å². The van der Waals surface area contributed by atoms with Crippen LogP contribution in [0.2, 0.25) is 0 Å². The molecule has 2 amide bonds. The first-order valence-electron chi connectivity index (χ1n) is 10.1. The highest BCUT2D eigenvalue weighted by molar-refractivity contribution is 6.00. The fraction of sp³-hybridized carbons (Fsp3) is 0.375. The van der Waals surface area contributed by atoms with E-state index in [1.807, 2.05) is 45.0 Å². The molecule has 2 aromatic rings. The summed E-state index contributed by atoms with van der Waals surface area (Å²) in [6.45, 7) is 8.02. The maximum atomic E-state index is 12.3. The van der Waals surface area contributed by atoms with Crippen molar-refractivity contribution in [1.82, 2.24) is 5.32 Å². The zero-order valence-electron chi connectivity index (χ0n) is 17.7. The summed E-state index contributed by atoms with van der Waals surface area (Å²) in [6, 6.07) is 14.2. The van der Waals surface area contributed by atoms with Crippen molar-refractivity contribution in [3.63, 3.8) is 0 Å². The lowest BCUT2D eigenvalue weighted by molar-refractivity contribution is -0.116. The van der Waals surface area contributed by atoms with Gasteiger partial charge in [-0.1, -0.05) is 38.1 Å². The van der Waals surface area contributed by atoms with Crippen LogP contribution in [0.5, 0.6) is 0 Å². The summed E-state index contributed by atoms with van der Waals surface area (Å²) in [5.41, 5.74) is 2.67. The van der Waals surface area contributed by atoms with Crippen LogP contribution in [0, 0.1) is 0 Å². The predicted molar refractivity (Wildman–Crippen MR) is 116 cm³/mol. The first-order chi connectivity index (χ1) is 13.7. The highest BCUT2D eigenvalue weighted by Gasteiger charge is 2.18. The molecular weight excluding hydrogens is 364 g/mol. The largest absolute Gasteiger partial charge is 0.347 e. The number of aryl methyl sites for hydroxylation is 1. The van der Waals surface area contributed by atoms with E-state index in [4.69, 9.17) is 0 Å². The molecule has 0 saturated carbocycles. The minimum absolute atomic E-state index is 0.0478. The predicted octanol–water partition coefficient (Wildman–Crippen LogP) is 4.77. The van der Waals surface area contributed by atoms with Crippen molar-refractivity contribution in [3.05, 3.63) is 65.2 Å². The lowest BCUT2D eigenvalue weighted by Gasteiger charge is -2.24. The van der Waals surface area contributed by atoms with Crippen molar-refractivity contribution < 1.29 is 14.4 Å². The Hall–Kier alpha value is -2.95. The zero-order valence-corrected chi connectivity index (χ0v) is 17.7. The molecule has 0 bridgehead atoms. The van der Waals surface area contributed by atoms with Gasteiger partial charge in [-0.05, 0) is 56.5 Å². The van der Waals surface area contributed by atoms with Crippen LogP contribution in [0.4, 0.5) is 5.69 Å². The van der Waals surface area contributed by atoms with Gasteiger partial charge < -0.3 is 10.6 Å². The van der Waals surface area contributed by atoms with Crippen molar-refractivity contribution in [2.24, 2.45) is 0 Å². The number of Topliss-reactive ketones (excluding diaryl/α,β-unsaturated/α-hetero) is 1. The van der Waals surface area contributed by atoms with Gasteiger partial charge >= 0.3 is 0 Å². The van der Waals surface area contributed by atoms with E-state index < -0.39 is 0 Å². The van der Waals surface area contributed by atoms with E-state index in [9.17, 15) is 14.4 Å². The number of ketones is 1. The quantitative estimate of drug-likeness (QED) is 0.602. The third-order valence-electron chi connectivity index (χ3n) is 5.03. The highest BCUT2D eigenvalue weighted by Crippen LogP contribution is 2.14. The first kappa shape index (κ1) is 22.3. The molecule has 0 radical (unpaired) electrons. The summed E-state index contributed by atoms with van der Waals surface area (Å²) in [5.74, 6) is -0.421. The average Bonchev–Trinajstić information content (AvgIpc) is 2.72. The fourth-order valence-electron chi connectivity index (χ4n) is 2.69. The van der Waals surface area contributed by atoms with E-state index >= 15 is 0 Å². The fourth-order valence-corrected chi connectivity index (χ4v) is 2.69. The molecular formula is C24H30N2O3. The molecule has 5 heteroatoms. The van der Waals surface area contributed by atoms with Gasteiger partial charge in [-0.3, -0.25) is 14.4 Å². The van der Waals surface area contributed by atoms with E-state index in [1.165, 1.54) is 5.56 Å². The Balaban J connectivity index is 1.85. The van der Waals surface area contributed by atoms with Crippen LogP contribution in [-0.2, 0) is 11.2 Å². The minimum atomic E-state index is -0.270. The van der Waals surface area contributed by atoms with Gasteiger partial charge in [0.2, 0.25) is 5.91 Å². The van der Waals surface area contributed by atoms with Gasteiger partial charge in [-0.15, -0.1) is 0 Å². The zero-order chi connectivity index (χ0) is 21.4. The average molecular weight is 395 g/mol. The van der Waals surface area contributed by atoms with Gasteiger partial charge in [0.1, 0.15) is 0 Å². The second-order valence-corrected chi connectivity index (χ2v) is 7.79. The molecule has 29 heavy (non-hydrogen) atoms. The molecule has 0 spiro atoms. The van der Waals surface area contributed by atoms with Crippen LogP contribution >= 0.6 is 0 Å². The van der Waals surface area contributed by atoms with Crippen molar-refractivity contribution in [1.29, 1.82) is 0 Å². The van der Waals surface area contributed by atoms with E-state index in [1.54, 1.807) is 24.3 Å². The Kier molecular flexibility index (Phi) is 7.71. The summed E-state index contributed by atoms with van der Waals surface area (Å²) >= 11 is 0. The van der Waals surface area contributed by atoms with Crippen LogP contribution in [0.25, 0.3) is 0 Å². The Morgan fingerprint density at radius 1 is 0.828 bits per heavy atom. The van der Waals surface area contributed by atoms with E-state index in [2.05, 4.69) is 17.6 Å². The monoisotopic (exact) mass is 394 g/mol. The molecule has 0 heterocycles. The molecule has 2 N–H and O–H groups in total. The molecule has 0 fully saturated rings. The smallest absolute Gasteiger partial charge is 0.251 e. The van der Waals surface area contributed by atoms with Gasteiger partial charge in [-0.2, -0.15) is 0 Å². The van der Waals surface area contributed by atoms with Gasteiger partial charge in [0, 0.05) is 35.2 Å². The lowest BCUT2D eigenvalue weighted by atomic mass is 10.0. The molecule has 154 valence electrons. The standard InChI is InChI=1S/C24H30N2O3/c1-5-17-7-9-18(10-8-17)21(27)15-16-22(28)25-20-13-11-19(12-14-20)23(29)26-24(3,4)6-2/h7-14H,5-6,15-16H2,1-4H3,(H,25,28)(H,26,29). The summed E-state index contributed by atoms with van der Waals surface area (Å²) in [5, 5.41) is 5.74. The Labute approximate surface area is 172 Å². The Bertz CT molecular complexity index is 853. The van der Waals surface area contributed by atoms with Gasteiger partial charge in [0.25, 0.3) is 5.91 Å². The van der Waals surface area contributed by atoms with E-state index in [0.29, 0.717) is 16.8 Å². The Morgan fingerprint density at radius 2 is 1.41 bits per heavy atom. The maximum Gasteiger partial charge on any atom is 0.251 e. The molecule has 0 aliphatic carbocycles. The second kappa shape index (κ2) is 10.0. The van der Waals surface area contributed by atoms with E-state index in [0.717, 1.165) is 12.8 Å². The number of hydrogen-bond donors (Lipinski definition) is 2. The molecule has 0 atom stereocenters. The van der Waals surface area contributed by atoms with Crippen LogP contribution < -0.4 is 10.6 Å². The maximum absolute atomic E-state index is 12.3. The van der Waals surface area contributed by atoms with E-state index in [-0.39, 0.29) is 36.0 Å². The summed E-state index contributed by atoms with van der Waals surface area (Å²) in [4.78, 5) is 36.7. The van der Waals surface area contributed by atoms with Crippen LogP contribution in [0.1, 0.15) is 73.2 Å². The topological polar surface area (TPSA) is 75.3 Å². The summed E-state index contributed by atoms with van der Waals surface area (Å²) < 4.78 is 0. The third kappa shape index (κ3) is 6.86. The van der Waals surface area contributed by atoms with Crippen LogP contribution in [0.15, 0.2) is 48.5 Å². The summed E-state index contributed by atoms with van der Waals surface area (Å²) in [6.07, 6.45) is 2.02. The lowest BCUT2D eigenvalue weighted by Crippen LogP contribution is -2.42. The number of carbonyl (C=O) groups is 3. The molecule has 0 aromatic heterocycles. The number of anilines is 1. The first-order valence-corrected chi connectivity index (χ1v) is 10.1. The molecule has 5 nitrogen and oxygen atoms in total. The van der Waals surface area contributed by atoms with Crippen LogP contribution in [-0.4, -0.2) is 23.1 Å². The third-order valence-corrected chi connectivity index (χ3v) is 5.03. The SMILES string of the molecule is CCc1ccc(C(=O)CCC(=O)Nc2ccc(C(=O)NC(C)(C)CC)cc2)cc1. The molecule has 2 aromatic carbocycles. The minimum Gasteiger partial charge on any atom is -0.347 e. The molecule has 0 aliphatic rings. The molecule has 2 rings (SSSR count). The number of carbonyl (C=O) groups excluding carboxylic acids is 3. The number of rotatable bonds is 9. The van der Waals surface area contributed by atoms with Crippen molar-refractivity contribution in [2.45, 2.75) is 58.9 Å². The van der Waals surface area contributed by atoms with Gasteiger partial charge in [0.05, 0.1) is 0 Å². The second-order valence-electron chi connectivity index (χ2n) is 7.79. The van der Waals surface area contributed by atoms with Gasteiger partial charge in [0.15, 0.2) is 5.78 Å². The number of amides is 2. The van der Waals surface area contributed by atoms with Crippen molar-refractivity contribution in [2.75, 3.05) is 5.32 Å². The number of nitrogens with one attached hydrogen (secondary N) is 2. The van der Waals surface area contributed by atoms with Gasteiger partial charge in [-0.25, -0.2) is 0 Å². The molecule has 0 saturated heterocycles. The van der Waals surface area contributed by atoms with Crippen molar-refractivity contribution >= 4 is 23.3 Å². The Morgan fingerprint density at radius 3 is 1.97 bits per heavy atom. The number of benzene rings is 2. The molecule has 0 unspecified atom stereocenters. The normalized spacial score (nSPS) is 11.0. The highest BCUT2D eigenvalue weighted by atomic mass is 16.2. The molecule has 0 aliphatic heterocycles. The summed E-state index contributed by atoms with van der Waals surface area (Å²) in [7, 11) is 0.